The highest BCUT2D eigenvalue weighted by atomic mass is 32.2. The van der Waals surface area contributed by atoms with E-state index in [0.29, 0.717) is 23.9 Å². The van der Waals surface area contributed by atoms with Crippen molar-refractivity contribution >= 4 is 10.0 Å². The Morgan fingerprint density at radius 2 is 2.17 bits per heavy atom. The molecule has 1 fully saturated rings. The Bertz CT molecular complexity index is 528. The average molecular weight is 268 g/mol. The molecular weight excluding hydrogens is 248 g/mol. The molecule has 1 saturated heterocycles. The first-order valence-corrected chi connectivity index (χ1v) is 7.69. The fourth-order valence-electron chi connectivity index (χ4n) is 2.53. The first kappa shape index (κ1) is 13.5. The molecule has 0 aliphatic carbocycles. The van der Waals surface area contributed by atoms with E-state index in [1.165, 1.54) is 0 Å². The van der Waals surface area contributed by atoms with Crippen LogP contribution in [-0.4, -0.2) is 31.9 Å². The van der Waals surface area contributed by atoms with Gasteiger partial charge in [-0.2, -0.15) is 4.31 Å². The third-order valence-corrected chi connectivity index (χ3v) is 5.59. The molecule has 2 unspecified atom stereocenters. The molecule has 0 bridgehead atoms. The summed E-state index contributed by atoms with van der Waals surface area (Å²) in [5, 5.41) is 0. The van der Waals surface area contributed by atoms with E-state index in [-0.39, 0.29) is 6.04 Å². The lowest BCUT2D eigenvalue weighted by atomic mass is 10.0. The highest BCUT2D eigenvalue weighted by Gasteiger charge is 2.38. The second-order valence-corrected chi connectivity index (χ2v) is 6.89. The number of sulfonamides is 1. The number of aryl methyl sites for hydroxylation is 1. The predicted octanol–water partition coefficient (Wildman–Crippen LogP) is 1.35. The Balaban J connectivity index is 2.37. The van der Waals surface area contributed by atoms with Gasteiger partial charge in [-0.05, 0) is 37.0 Å². The van der Waals surface area contributed by atoms with Crippen LogP contribution in [0.15, 0.2) is 29.2 Å². The maximum atomic E-state index is 12.6. The molecule has 5 heteroatoms. The van der Waals surface area contributed by atoms with Crippen LogP contribution < -0.4 is 5.73 Å². The normalized spacial score (nSPS) is 25.5. The zero-order chi connectivity index (χ0) is 13.3. The summed E-state index contributed by atoms with van der Waals surface area (Å²) in [5.41, 5.74) is 6.66. The van der Waals surface area contributed by atoms with Crippen LogP contribution in [0.25, 0.3) is 0 Å². The number of hydrogen-bond acceptors (Lipinski definition) is 3. The fraction of sp³-hybridized carbons (Fsp3) is 0.538. The summed E-state index contributed by atoms with van der Waals surface area (Å²) in [6, 6.07) is 6.96. The molecule has 0 aromatic heterocycles. The first-order chi connectivity index (χ1) is 8.46. The average Bonchev–Trinajstić information content (AvgIpc) is 2.71. The van der Waals surface area contributed by atoms with Gasteiger partial charge in [-0.25, -0.2) is 8.42 Å². The summed E-state index contributed by atoms with van der Waals surface area (Å²) in [6.07, 6.45) is 0.882. The smallest absolute Gasteiger partial charge is 0.243 e. The van der Waals surface area contributed by atoms with Crippen molar-refractivity contribution in [2.45, 2.75) is 31.2 Å². The van der Waals surface area contributed by atoms with Crippen molar-refractivity contribution in [3.05, 3.63) is 29.8 Å². The molecule has 0 radical (unpaired) electrons. The third kappa shape index (κ3) is 2.30. The molecule has 0 saturated carbocycles. The second-order valence-electron chi connectivity index (χ2n) is 5.00. The van der Waals surface area contributed by atoms with Gasteiger partial charge in [0.15, 0.2) is 0 Å². The Hall–Kier alpha value is -0.910. The minimum absolute atomic E-state index is 0.0736. The topological polar surface area (TPSA) is 63.4 Å². The van der Waals surface area contributed by atoms with Crippen molar-refractivity contribution in [1.29, 1.82) is 0 Å². The van der Waals surface area contributed by atoms with Gasteiger partial charge in [0.25, 0.3) is 0 Å². The lowest BCUT2D eigenvalue weighted by Crippen LogP contribution is -2.42. The standard InChI is InChI=1S/C13H20N2O2S/c1-10-4-3-5-12(8-10)18(16,17)15-7-6-11(2)13(15)9-14/h3-5,8,11,13H,6-7,9,14H2,1-2H3. The van der Waals surface area contributed by atoms with E-state index in [2.05, 4.69) is 6.92 Å². The van der Waals surface area contributed by atoms with Crippen LogP contribution in [0.1, 0.15) is 18.9 Å². The Kier molecular flexibility index (Phi) is 3.75. The highest BCUT2D eigenvalue weighted by Crippen LogP contribution is 2.29. The van der Waals surface area contributed by atoms with Gasteiger partial charge >= 0.3 is 0 Å². The number of hydrogen-bond donors (Lipinski definition) is 1. The van der Waals surface area contributed by atoms with E-state index in [0.717, 1.165) is 12.0 Å². The molecule has 1 aliphatic rings. The molecule has 2 N–H and O–H groups in total. The highest BCUT2D eigenvalue weighted by molar-refractivity contribution is 7.89. The van der Waals surface area contributed by atoms with Crippen LogP contribution in [0.2, 0.25) is 0 Å². The molecule has 4 nitrogen and oxygen atoms in total. The summed E-state index contributed by atoms with van der Waals surface area (Å²) >= 11 is 0. The molecule has 1 heterocycles. The molecule has 1 aliphatic heterocycles. The molecule has 18 heavy (non-hydrogen) atoms. The summed E-state index contributed by atoms with van der Waals surface area (Å²) in [6.45, 7) is 4.90. The van der Waals surface area contributed by atoms with E-state index >= 15 is 0 Å². The minimum atomic E-state index is -3.40. The van der Waals surface area contributed by atoms with Gasteiger partial charge in [-0.15, -0.1) is 0 Å². The number of nitrogens with two attached hydrogens (primary N) is 1. The third-order valence-electron chi connectivity index (χ3n) is 3.67. The lowest BCUT2D eigenvalue weighted by Gasteiger charge is -2.25. The largest absolute Gasteiger partial charge is 0.329 e. The van der Waals surface area contributed by atoms with E-state index in [1.54, 1.807) is 22.5 Å². The monoisotopic (exact) mass is 268 g/mol. The van der Waals surface area contributed by atoms with E-state index in [1.807, 2.05) is 13.0 Å². The van der Waals surface area contributed by atoms with Crippen molar-refractivity contribution in [2.75, 3.05) is 13.1 Å². The summed E-state index contributed by atoms with van der Waals surface area (Å²) in [7, 11) is -3.40. The van der Waals surface area contributed by atoms with Crippen LogP contribution in [0.3, 0.4) is 0 Å². The number of rotatable bonds is 3. The molecule has 0 spiro atoms. The predicted molar refractivity (Wildman–Crippen MR) is 71.7 cm³/mol. The van der Waals surface area contributed by atoms with Crippen LogP contribution in [0, 0.1) is 12.8 Å². The van der Waals surface area contributed by atoms with Crippen molar-refractivity contribution in [2.24, 2.45) is 11.7 Å². The molecular formula is C13H20N2O2S. The fourth-order valence-corrected chi connectivity index (χ4v) is 4.38. The summed E-state index contributed by atoms with van der Waals surface area (Å²) in [5.74, 6) is 0.328. The van der Waals surface area contributed by atoms with Crippen LogP contribution in [0.4, 0.5) is 0 Å². The summed E-state index contributed by atoms with van der Waals surface area (Å²) in [4.78, 5) is 0.370. The SMILES string of the molecule is Cc1cccc(S(=O)(=O)N2CCC(C)C2CN)c1. The van der Waals surface area contributed by atoms with E-state index < -0.39 is 10.0 Å². The van der Waals surface area contributed by atoms with Crippen molar-refractivity contribution in [1.82, 2.24) is 4.31 Å². The van der Waals surface area contributed by atoms with Crippen molar-refractivity contribution in [3.8, 4) is 0 Å². The van der Waals surface area contributed by atoms with Gasteiger partial charge in [-0.1, -0.05) is 19.1 Å². The van der Waals surface area contributed by atoms with Gasteiger partial charge in [0.05, 0.1) is 4.90 Å². The Morgan fingerprint density at radius 1 is 1.44 bits per heavy atom. The zero-order valence-corrected chi connectivity index (χ0v) is 11.7. The minimum Gasteiger partial charge on any atom is -0.329 e. The van der Waals surface area contributed by atoms with Crippen molar-refractivity contribution in [3.63, 3.8) is 0 Å². The number of nitrogens with zero attached hydrogens (tertiary/aromatic N) is 1. The van der Waals surface area contributed by atoms with Crippen LogP contribution in [0.5, 0.6) is 0 Å². The maximum Gasteiger partial charge on any atom is 0.243 e. The Morgan fingerprint density at radius 3 is 2.78 bits per heavy atom. The second kappa shape index (κ2) is 4.99. The van der Waals surface area contributed by atoms with E-state index in [9.17, 15) is 8.42 Å². The maximum absolute atomic E-state index is 12.6. The lowest BCUT2D eigenvalue weighted by molar-refractivity contribution is 0.354. The number of benzene rings is 1. The Labute approximate surface area is 109 Å². The molecule has 1 aromatic carbocycles. The van der Waals surface area contributed by atoms with E-state index in [4.69, 9.17) is 5.73 Å². The van der Waals surface area contributed by atoms with Crippen LogP contribution in [-0.2, 0) is 10.0 Å². The van der Waals surface area contributed by atoms with Crippen LogP contribution >= 0.6 is 0 Å². The van der Waals surface area contributed by atoms with Gasteiger partial charge < -0.3 is 5.73 Å². The van der Waals surface area contributed by atoms with Crippen molar-refractivity contribution < 1.29 is 8.42 Å². The van der Waals surface area contributed by atoms with Gasteiger partial charge in [0, 0.05) is 19.1 Å². The molecule has 0 amide bonds. The molecule has 100 valence electrons. The first-order valence-electron chi connectivity index (χ1n) is 6.25. The molecule has 2 rings (SSSR count). The molecule has 1 aromatic rings. The van der Waals surface area contributed by atoms with Gasteiger partial charge in [-0.3, -0.25) is 0 Å². The van der Waals surface area contributed by atoms with Gasteiger partial charge in [0.1, 0.15) is 0 Å². The quantitative estimate of drug-likeness (QED) is 0.900. The summed E-state index contributed by atoms with van der Waals surface area (Å²) < 4.78 is 26.7. The zero-order valence-electron chi connectivity index (χ0n) is 10.8. The van der Waals surface area contributed by atoms with Gasteiger partial charge in [0.2, 0.25) is 10.0 Å². The molecule has 2 atom stereocenters.